The summed E-state index contributed by atoms with van der Waals surface area (Å²) in [6, 6.07) is 5.72. The maximum absolute atomic E-state index is 11.6. The molecule has 0 radical (unpaired) electrons. The van der Waals surface area contributed by atoms with Crippen LogP contribution in [-0.4, -0.2) is 29.7 Å². The number of imide groups is 1. The Morgan fingerprint density at radius 3 is 2.67 bits per heavy atom. The number of carbonyl (C=O) groups is 2. The van der Waals surface area contributed by atoms with Crippen LogP contribution < -0.4 is 15.4 Å². The third kappa shape index (κ3) is 3.97. The van der Waals surface area contributed by atoms with Crippen molar-refractivity contribution >= 4 is 11.9 Å². The molecule has 1 rings (SSSR count). The van der Waals surface area contributed by atoms with Gasteiger partial charge in [0.15, 0.2) is 17.6 Å². The first-order chi connectivity index (χ1) is 8.54. The number of phenolic OH excluding ortho intramolecular Hbond substituents is 1. The zero-order valence-electron chi connectivity index (χ0n) is 10.3. The molecule has 1 aromatic rings. The standard InChI is InChI=1S/C12H16N2O4/c1-3-13-12(17)14-11(16)8(2)18-10-7-5-4-6-9(10)15/h4-8,15H,3H2,1-2H3,(H2,13,14,16,17). The molecule has 0 bridgehead atoms. The predicted molar refractivity (Wildman–Crippen MR) is 65.4 cm³/mol. The van der Waals surface area contributed by atoms with Gasteiger partial charge in [0.25, 0.3) is 5.91 Å². The van der Waals surface area contributed by atoms with E-state index in [1.165, 1.54) is 19.1 Å². The number of aromatic hydroxyl groups is 1. The number of rotatable bonds is 4. The average molecular weight is 252 g/mol. The molecular weight excluding hydrogens is 236 g/mol. The Bertz CT molecular complexity index is 434. The Hall–Kier alpha value is -2.24. The van der Waals surface area contributed by atoms with Crippen LogP contribution in [0.5, 0.6) is 11.5 Å². The van der Waals surface area contributed by atoms with Crippen LogP contribution in [0.1, 0.15) is 13.8 Å². The van der Waals surface area contributed by atoms with Crippen LogP contribution in [0, 0.1) is 0 Å². The zero-order valence-corrected chi connectivity index (χ0v) is 10.3. The monoisotopic (exact) mass is 252 g/mol. The molecule has 0 fully saturated rings. The molecule has 98 valence electrons. The number of benzene rings is 1. The van der Waals surface area contributed by atoms with Gasteiger partial charge in [-0.05, 0) is 26.0 Å². The molecule has 0 spiro atoms. The number of hydrogen-bond donors (Lipinski definition) is 3. The molecule has 1 atom stereocenters. The van der Waals surface area contributed by atoms with Crippen molar-refractivity contribution < 1.29 is 19.4 Å². The Kier molecular flexibility index (Phi) is 4.98. The lowest BCUT2D eigenvalue weighted by Crippen LogP contribution is -2.45. The van der Waals surface area contributed by atoms with Gasteiger partial charge in [0.1, 0.15) is 0 Å². The van der Waals surface area contributed by atoms with Gasteiger partial charge in [-0.25, -0.2) is 4.79 Å². The van der Waals surface area contributed by atoms with Crippen LogP contribution in [-0.2, 0) is 4.79 Å². The molecule has 0 saturated carbocycles. The lowest BCUT2D eigenvalue weighted by atomic mass is 10.3. The zero-order chi connectivity index (χ0) is 13.5. The molecular formula is C12H16N2O4. The van der Waals surface area contributed by atoms with Gasteiger partial charge in [-0.1, -0.05) is 12.1 Å². The molecule has 0 aliphatic heterocycles. The Balaban J connectivity index is 2.55. The highest BCUT2D eigenvalue weighted by Crippen LogP contribution is 2.25. The van der Waals surface area contributed by atoms with Crippen molar-refractivity contribution in [2.24, 2.45) is 0 Å². The summed E-state index contributed by atoms with van der Waals surface area (Å²) >= 11 is 0. The molecule has 0 saturated heterocycles. The average Bonchev–Trinajstić information content (AvgIpc) is 2.32. The second-order valence-corrected chi connectivity index (χ2v) is 3.58. The molecule has 1 aromatic carbocycles. The van der Waals surface area contributed by atoms with Crippen molar-refractivity contribution in [2.75, 3.05) is 6.54 Å². The first-order valence-electron chi connectivity index (χ1n) is 5.58. The summed E-state index contributed by atoms with van der Waals surface area (Å²) in [5, 5.41) is 14.0. The van der Waals surface area contributed by atoms with E-state index in [9.17, 15) is 14.7 Å². The second kappa shape index (κ2) is 6.48. The van der Waals surface area contributed by atoms with Crippen LogP contribution in [0.25, 0.3) is 0 Å². The highest BCUT2D eigenvalue weighted by atomic mass is 16.5. The molecule has 0 aliphatic carbocycles. The Morgan fingerprint density at radius 1 is 1.39 bits per heavy atom. The van der Waals surface area contributed by atoms with Gasteiger partial charge in [-0.3, -0.25) is 10.1 Å². The van der Waals surface area contributed by atoms with E-state index in [1.54, 1.807) is 19.1 Å². The van der Waals surface area contributed by atoms with Gasteiger partial charge in [0.05, 0.1) is 0 Å². The van der Waals surface area contributed by atoms with Crippen molar-refractivity contribution in [3.8, 4) is 11.5 Å². The fourth-order valence-electron chi connectivity index (χ4n) is 1.22. The number of urea groups is 1. The third-order valence-electron chi connectivity index (χ3n) is 2.11. The third-order valence-corrected chi connectivity index (χ3v) is 2.11. The molecule has 3 N–H and O–H groups in total. The number of hydrogen-bond acceptors (Lipinski definition) is 4. The van der Waals surface area contributed by atoms with E-state index in [1.807, 2.05) is 0 Å². The first kappa shape index (κ1) is 13.8. The second-order valence-electron chi connectivity index (χ2n) is 3.58. The van der Waals surface area contributed by atoms with Crippen LogP contribution in [0.3, 0.4) is 0 Å². The maximum atomic E-state index is 11.6. The van der Waals surface area contributed by atoms with E-state index in [4.69, 9.17) is 4.74 Å². The van der Waals surface area contributed by atoms with Gasteiger partial charge >= 0.3 is 6.03 Å². The lowest BCUT2D eigenvalue weighted by Gasteiger charge is -2.14. The summed E-state index contributed by atoms with van der Waals surface area (Å²) in [5.74, 6) is -0.449. The van der Waals surface area contributed by atoms with Crippen molar-refractivity contribution in [1.82, 2.24) is 10.6 Å². The quantitative estimate of drug-likeness (QED) is 0.746. The summed E-state index contributed by atoms with van der Waals surface area (Å²) < 4.78 is 5.24. The normalized spacial score (nSPS) is 11.4. The summed E-state index contributed by atoms with van der Waals surface area (Å²) in [6.07, 6.45) is -0.888. The number of nitrogens with one attached hydrogen (secondary N) is 2. The van der Waals surface area contributed by atoms with Crippen molar-refractivity contribution in [3.63, 3.8) is 0 Å². The summed E-state index contributed by atoms with van der Waals surface area (Å²) in [4.78, 5) is 22.7. The number of ether oxygens (including phenoxy) is 1. The maximum Gasteiger partial charge on any atom is 0.321 e. The summed E-state index contributed by atoms with van der Waals surface area (Å²) in [7, 11) is 0. The fraction of sp³-hybridized carbons (Fsp3) is 0.333. The minimum atomic E-state index is -0.888. The van der Waals surface area contributed by atoms with Crippen LogP contribution in [0.2, 0.25) is 0 Å². The van der Waals surface area contributed by atoms with Crippen LogP contribution in [0.15, 0.2) is 24.3 Å². The first-order valence-corrected chi connectivity index (χ1v) is 5.58. The lowest BCUT2D eigenvalue weighted by molar-refractivity contribution is -0.126. The van der Waals surface area contributed by atoms with Crippen molar-refractivity contribution in [1.29, 1.82) is 0 Å². The molecule has 6 heteroatoms. The highest BCUT2D eigenvalue weighted by Gasteiger charge is 2.18. The van der Waals surface area contributed by atoms with E-state index in [0.29, 0.717) is 6.54 Å². The minimum absolute atomic E-state index is 0.0600. The summed E-state index contributed by atoms with van der Waals surface area (Å²) in [5.41, 5.74) is 0. The Morgan fingerprint density at radius 2 is 2.06 bits per heavy atom. The van der Waals surface area contributed by atoms with Crippen LogP contribution in [0.4, 0.5) is 4.79 Å². The molecule has 0 aliphatic rings. The van der Waals surface area contributed by atoms with Crippen LogP contribution >= 0.6 is 0 Å². The van der Waals surface area contributed by atoms with Crippen molar-refractivity contribution in [3.05, 3.63) is 24.3 Å². The van der Waals surface area contributed by atoms with Gasteiger partial charge in [0, 0.05) is 6.54 Å². The number of carbonyl (C=O) groups excluding carboxylic acids is 2. The van der Waals surface area contributed by atoms with E-state index in [2.05, 4.69) is 10.6 Å². The number of para-hydroxylation sites is 2. The molecule has 0 aromatic heterocycles. The molecule has 6 nitrogen and oxygen atoms in total. The van der Waals surface area contributed by atoms with E-state index in [-0.39, 0.29) is 11.5 Å². The molecule has 1 unspecified atom stereocenters. The largest absolute Gasteiger partial charge is 0.504 e. The molecule has 3 amide bonds. The topological polar surface area (TPSA) is 87.7 Å². The molecule has 18 heavy (non-hydrogen) atoms. The SMILES string of the molecule is CCNC(=O)NC(=O)C(C)Oc1ccccc1O. The van der Waals surface area contributed by atoms with Gasteiger partial charge in [0.2, 0.25) is 0 Å². The number of phenols is 1. The minimum Gasteiger partial charge on any atom is -0.504 e. The van der Waals surface area contributed by atoms with Gasteiger partial charge in [-0.15, -0.1) is 0 Å². The highest BCUT2D eigenvalue weighted by molar-refractivity contribution is 5.96. The number of amides is 3. The fourth-order valence-corrected chi connectivity index (χ4v) is 1.22. The molecule has 0 heterocycles. The summed E-state index contributed by atoms with van der Waals surface area (Å²) in [6.45, 7) is 3.65. The van der Waals surface area contributed by atoms with E-state index >= 15 is 0 Å². The smallest absolute Gasteiger partial charge is 0.321 e. The van der Waals surface area contributed by atoms with Gasteiger partial charge in [-0.2, -0.15) is 0 Å². The van der Waals surface area contributed by atoms with Crippen molar-refractivity contribution in [2.45, 2.75) is 20.0 Å². The predicted octanol–water partition coefficient (Wildman–Crippen LogP) is 1.01. The van der Waals surface area contributed by atoms with Gasteiger partial charge < -0.3 is 15.2 Å². The van der Waals surface area contributed by atoms with E-state index in [0.717, 1.165) is 0 Å². The Labute approximate surface area is 105 Å². The van der Waals surface area contributed by atoms with E-state index < -0.39 is 18.0 Å².